The molecule has 1 aliphatic rings. The van der Waals surface area contributed by atoms with Gasteiger partial charge in [0.05, 0.1) is 18.8 Å². The minimum Gasteiger partial charge on any atom is -0.467 e. The normalized spacial score (nSPS) is 13.7. The van der Waals surface area contributed by atoms with Gasteiger partial charge in [-0.25, -0.2) is 9.37 Å². The van der Waals surface area contributed by atoms with Gasteiger partial charge in [0.25, 0.3) is 5.91 Å². The van der Waals surface area contributed by atoms with Crippen molar-refractivity contribution in [1.82, 2.24) is 14.9 Å². The van der Waals surface area contributed by atoms with Gasteiger partial charge in [-0.1, -0.05) is 24.3 Å². The molecule has 0 saturated heterocycles. The molecule has 0 atom stereocenters. The summed E-state index contributed by atoms with van der Waals surface area (Å²) in [5.41, 5.74) is 2.61. The topological polar surface area (TPSA) is 55.3 Å². The van der Waals surface area contributed by atoms with Gasteiger partial charge in [0.15, 0.2) is 6.61 Å². The van der Waals surface area contributed by atoms with E-state index in [2.05, 4.69) is 9.97 Å². The van der Waals surface area contributed by atoms with Gasteiger partial charge in [-0.05, 0) is 29.8 Å². The zero-order valence-electron chi connectivity index (χ0n) is 13.9. The van der Waals surface area contributed by atoms with Crippen molar-refractivity contribution in [2.45, 2.75) is 13.1 Å². The number of hydrogen-bond donors (Lipinski definition) is 0. The lowest BCUT2D eigenvalue weighted by atomic mass is 10.0. The minimum atomic E-state index is -0.326. The van der Waals surface area contributed by atoms with E-state index in [9.17, 15) is 9.18 Å². The van der Waals surface area contributed by atoms with E-state index >= 15 is 0 Å². The number of pyridine rings is 2. The van der Waals surface area contributed by atoms with Crippen molar-refractivity contribution in [1.29, 1.82) is 0 Å². The molecule has 0 N–H and O–H groups in total. The molecule has 0 spiro atoms. The Morgan fingerprint density at radius 2 is 1.85 bits per heavy atom. The summed E-state index contributed by atoms with van der Waals surface area (Å²) in [6.45, 7) is 0.532. The van der Waals surface area contributed by atoms with Crippen LogP contribution in [0.15, 0.2) is 60.9 Å². The van der Waals surface area contributed by atoms with Crippen LogP contribution in [0.1, 0.15) is 11.3 Å². The van der Waals surface area contributed by atoms with Crippen LogP contribution in [-0.2, 0) is 17.9 Å². The first kappa shape index (κ1) is 16.2. The molecule has 1 aromatic carbocycles. The Kier molecular flexibility index (Phi) is 4.31. The summed E-state index contributed by atoms with van der Waals surface area (Å²) >= 11 is 0. The number of carbonyl (C=O) groups excluding carboxylic acids is 1. The Labute approximate surface area is 150 Å². The smallest absolute Gasteiger partial charge is 0.261 e. The maximum Gasteiger partial charge on any atom is 0.261 e. The second-order valence-corrected chi connectivity index (χ2v) is 5.98. The average molecular weight is 349 g/mol. The summed E-state index contributed by atoms with van der Waals surface area (Å²) in [6, 6.07) is 13.9. The van der Waals surface area contributed by atoms with Crippen LogP contribution in [-0.4, -0.2) is 27.4 Å². The molecule has 0 unspecified atom stereocenters. The molecule has 0 aliphatic carbocycles. The third-order valence-electron chi connectivity index (χ3n) is 4.29. The molecule has 0 radical (unpaired) electrons. The summed E-state index contributed by atoms with van der Waals surface area (Å²) in [4.78, 5) is 22.6. The third-order valence-corrected chi connectivity index (χ3v) is 4.29. The fourth-order valence-electron chi connectivity index (χ4n) is 3.01. The van der Waals surface area contributed by atoms with E-state index in [1.165, 1.54) is 6.07 Å². The second kappa shape index (κ2) is 6.92. The number of halogens is 1. The van der Waals surface area contributed by atoms with Crippen molar-refractivity contribution in [3.8, 4) is 17.0 Å². The number of carbonyl (C=O) groups is 1. The van der Waals surface area contributed by atoms with Gasteiger partial charge in [0.1, 0.15) is 5.82 Å². The van der Waals surface area contributed by atoms with E-state index in [-0.39, 0.29) is 24.9 Å². The van der Waals surface area contributed by atoms with Crippen LogP contribution in [0.4, 0.5) is 4.39 Å². The van der Waals surface area contributed by atoms with Gasteiger partial charge in [-0.15, -0.1) is 0 Å². The lowest BCUT2D eigenvalue weighted by molar-refractivity contribution is -0.133. The van der Waals surface area contributed by atoms with E-state index in [0.717, 1.165) is 5.69 Å². The average Bonchev–Trinajstić information content (AvgIpc) is 2.82. The lowest BCUT2D eigenvalue weighted by Crippen LogP contribution is -2.32. The first-order valence-corrected chi connectivity index (χ1v) is 8.25. The molecule has 0 fully saturated rings. The molecule has 3 heterocycles. The summed E-state index contributed by atoms with van der Waals surface area (Å²) in [6.07, 6.45) is 3.26. The zero-order chi connectivity index (χ0) is 17.9. The van der Waals surface area contributed by atoms with Crippen LogP contribution in [0.25, 0.3) is 11.1 Å². The second-order valence-electron chi connectivity index (χ2n) is 5.98. The molecular formula is C20H16FN3O2. The molecule has 4 rings (SSSR count). The molecule has 26 heavy (non-hydrogen) atoms. The first-order chi connectivity index (χ1) is 12.7. The molecule has 3 aromatic rings. The Balaban J connectivity index is 1.74. The van der Waals surface area contributed by atoms with E-state index in [1.54, 1.807) is 41.6 Å². The van der Waals surface area contributed by atoms with Crippen molar-refractivity contribution in [2.24, 2.45) is 0 Å². The van der Waals surface area contributed by atoms with Crippen molar-refractivity contribution in [3.63, 3.8) is 0 Å². The van der Waals surface area contributed by atoms with E-state index in [1.807, 2.05) is 18.2 Å². The first-order valence-electron chi connectivity index (χ1n) is 8.25. The Morgan fingerprint density at radius 3 is 2.65 bits per heavy atom. The number of aromatic nitrogens is 2. The Morgan fingerprint density at radius 1 is 1.00 bits per heavy atom. The SMILES string of the molecule is O=C1COc2nccc(-c3ccccc3F)c2CN1Cc1ccccn1. The molecule has 0 saturated carbocycles. The van der Waals surface area contributed by atoms with Crippen LogP contribution < -0.4 is 4.74 Å². The maximum absolute atomic E-state index is 14.3. The summed E-state index contributed by atoms with van der Waals surface area (Å²) < 4.78 is 19.9. The highest BCUT2D eigenvalue weighted by Gasteiger charge is 2.26. The maximum atomic E-state index is 14.3. The van der Waals surface area contributed by atoms with Gasteiger partial charge in [-0.2, -0.15) is 0 Å². The standard InChI is InChI=1S/C20H16FN3O2/c21-18-7-2-1-6-16(18)15-8-10-23-20-17(15)12-24(19(25)13-26-20)11-14-5-3-4-9-22-14/h1-10H,11-13H2. The van der Waals surface area contributed by atoms with Crippen LogP contribution in [0, 0.1) is 5.82 Å². The predicted octanol–water partition coefficient (Wildman–Crippen LogP) is 3.20. The quantitative estimate of drug-likeness (QED) is 0.729. The van der Waals surface area contributed by atoms with Gasteiger partial charge in [-0.3, -0.25) is 9.78 Å². The van der Waals surface area contributed by atoms with Gasteiger partial charge >= 0.3 is 0 Å². The van der Waals surface area contributed by atoms with E-state index in [4.69, 9.17) is 4.74 Å². The number of hydrogen-bond acceptors (Lipinski definition) is 4. The highest BCUT2D eigenvalue weighted by molar-refractivity contribution is 5.79. The molecule has 6 heteroatoms. The Hall–Kier alpha value is -3.28. The molecular weight excluding hydrogens is 333 g/mol. The molecule has 5 nitrogen and oxygen atoms in total. The van der Waals surface area contributed by atoms with Crippen molar-refractivity contribution in [3.05, 3.63) is 78.0 Å². The number of nitrogens with zero attached hydrogens (tertiary/aromatic N) is 3. The van der Waals surface area contributed by atoms with Crippen LogP contribution >= 0.6 is 0 Å². The van der Waals surface area contributed by atoms with Crippen molar-refractivity contribution >= 4 is 5.91 Å². The molecule has 1 amide bonds. The van der Waals surface area contributed by atoms with Crippen molar-refractivity contribution in [2.75, 3.05) is 6.61 Å². The fraction of sp³-hybridized carbons (Fsp3) is 0.150. The third kappa shape index (κ3) is 3.13. The van der Waals surface area contributed by atoms with E-state index in [0.29, 0.717) is 29.1 Å². The highest BCUT2D eigenvalue weighted by atomic mass is 19.1. The van der Waals surface area contributed by atoms with Gasteiger partial charge in [0, 0.05) is 23.5 Å². The lowest BCUT2D eigenvalue weighted by Gasteiger charge is -2.20. The van der Waals surface area contributed by atoms with E-state index < -0.39 is 0 Å². The highest BCUT2D eigenvalue weighted by Crippen LogP contribution is 2.33. The molecule has 2 aromatic heterocycles. The number of amides is 1. The van der Waals surface area contributed by atoms with Crippen LogP contribution in [0.3, 0.4) is 0 Å². The number of fused-ring (bicyclic) bond motifs is 1. The van der Waals surface area contributed by atoms with Crippen molar-refractivity contribution < 1.29 is 13.9 Å². The molecule has 0 bridgehead atoms. The summed E-state index contributed by atoms with van der Waals surface area (Å²) in [5.74, 6) is -0.122. The van der Waals surface area contributed by atoms with Gasteiger partial charge < -0.3 is 9.64 Å². The summed E-state index contributed by atoms with van der Waals surface area (Å²) in [7, 11) is 0. The Bertz CT molecular complexity index is 947. The number of rotatable bonds is 3. The predicted molar refractivity (Wildman–Crippen MR) is 93.6 cm³/mol. The van der Waals surface area contributed by atoms with Crippen LogP contribution in [0.5, 0.6) is 5.88 Å². The molecule has 1 aliphatic heterocycles. The minimum absolute atomic E-state index is 0.104. The zero-order valence-corrected chi connectivity index (χ0v) is 13.9. The molecule has 130 valence electrons. The largest absolute Gasteiger partial charge is 0.467 e. The monoisotopic (exact) mass is 349 g/mol. The fourth-order valence-corrected chi connectivity index (χ4v) is 3.01. The van der Waals surface area contributed by atoms with Crippen LogP contribution in [0.2, 0.25) is 0 Å². The number of ether oxygens (including phenoxy) is 1. The number of benzene rings is 1. The summed E-state index contributed by atoms with van der Waals surface area (Å²) in [5, 5.41) is 0. The van der Waals surface area contributed by atoms with Gasteiger partial charge in [0.2, 0.25) is 5.88 Å².